The van der Waals surface area contributed by atoms with Gasteiger partial charge in [0.2, 0.25) is 5.91 Å². The van der Waals surface area contributed by atoms with Crippen LogP contribution in [0.2, 0.25) is 0 Å². The molecule has 17 heavy (non-hydrogen) atoms. The molecule has 0 aromatic carbocycles. The van der Waals surface area contributed by atoms with E-state index in [1.807, 2.05) is 6.92 Å². The molecule has 0 bridgehead atoms. The predicted molar refractivity (Wildman–Crippen MR) is 68.9 cm³/mol. The fourth-order valence-electron chi connectivity index (χ4n) is 2.11. The first kappa shape index (κ1) is 12.8. The summed E-state index contributed by atoms with van der Waals surface area (Å²) in [5.41, 5.74) is 0. The third-order valence-electron chi connectivity index (χ3n) is 3.64. The van der Waals surface area contributed by atoms with Gasteiger partial charge in [-0.1, -0.05) is 6.92 Å². The number of rotatable bonds is 8. The van der Waals surface area contributed by atoms with E-state index in [2.05, 4.69) is 22.5 Å². The summed E-state index contributed by atoms with van der Waals surface area (Å²) in [5, 5.41) is 6.34. The van der Waals surface area contributed by atoms with Crippen LogP contribution in [0.25, 0.3) is 0 Å². The lowest BCUT2D eigenvalue weighted by molar-refractivity contribution is -0.122. The third kappa shape index (κ3) is 4.28. The second-order valence-corrected chi connectivity index (χ2v) is 5.32. The van der Waals surface area contributed by atoms with E-state index >= 15 is 0 Å². The lowest BCUT2D eigenvalue weighted by Crippen LogP contribution is -2.45. The number of carbonyl (C=O) groups is 1. The van der Waals surface area contributed by atoms with Crippen LogP contribution in [0.15, 0.2) is 0 Å². The van der Waals surface area contributed by atoms with Crippen molar-refractivity contribution in [2.45, 2.75) is 57.7 Å². The van der Waals surface area contributed by atoms with E-state index in [1.165, 1.54) is 12.8 Å². The molecule has 2 saturated carbocycles. The maximum atomic E-state index is 11.7. The lowest BCUT2D eigenvalue weighted by Gasteiger charge is -2.21. The van der Waals surface area contributed by atoms with E-state index in [4.69, 9.17) is 0 Å². The number of amides is 1. The highest BCUT2D eigenvalue weighted by atomic mass is 16.2. The van der Waals surface area contributed by atoms with Crippen LogP contribution in [0.1, 0.15) is 39.5 Å². The van der Waals surface area contributed by atoms with Crippen LogP contribution in [0.5, 0.6) is 0 Å². The summed E-state index contributed by atoms with van der Waals surface area (Å²) in [6.45, 7) is 7.24. The first-order valence-corrected chi connectivity index (χ1v) is 6.98. The molecule has 2 aliphatic rings. The third-order valence-corrected chi connectivity index (χ3v) is 3.64. The van der Waals surface area contributed by atoms with Crippen LogP contribution in [-0.2, 0) is 4.79 Å². The van der Waals surface area contributed by atoms with Gasteiger partial charge in [0.1, 0.15) is 0 Å². The SMILES string of the molecule is CCN(CCNC(C)C(=O)NC1CC1)C1CC1. The van der Waals surface area contributed by atoms with E-state index in [1.54, 1.807) is 0 Å². The predicted octanol–water partition coefficient (Wildman–Crippen LogP) is 0.727. The maximum Gasteiger partial charge on any atom is 0.237 e. The van der Waals surface area contributed by atoms with Crippen molar-refractivity contribution in [2.75, 3.05) is 19.6 Å². The molecular formula is C13H25N3O. The van der Waals surface area contributed by atoms with Gasteiger partial charge in [-0.05, 0) is 39.2 Å². The topological polar surface area (TPSA) is 44.4 Å². The zero-order valence-corrected chi connectivity index (χ0v) is 11.0. The summed E-state index contributed by atoms with van der Waals surface area (Å²) in [7, 11) is 0. The molecule has 0 aromatic rings. The van der Waals surface area contributed by atoms with Crippen molar-refractivity contribution in [3.05, 3.63) is 0 Å². The summed E-state index contributed by atoms with van der Waals surface area (Å²) in [6.07, 6.45) is 5.02. The number of likely N-dealkylation sites (N-methyl/N-ethyl adjacent to an activating group) is 1. The Morgan fingerprint density at radius 3 is 2.59 bits per heavy atom. The van der Waals surface area contributed by atoms with Crippen LogP contribution in [0.3, 0.4) is 0 Å². The molecule has 0 aliphatic heterocycles. The smallest absolute Gasteiger partial charge is 0.237 e. The van der Waals surface area contributed by atoms with Gasteiger partial charge in [-0.25, -0.2) is 0 Å². The molecule has 0 radical (unpaired) electrons. The average Bonchev–Trinajstić information content (AvgIpc) is 3.15. The molecule has 0 saturated heterocycles. The largest absolute Gasteiger partial charge is 0.352 e. The van der Waals surface area contributed by atoms with Gasteiger partial charge in [-0.3, -0.25) is 9.69 Å². The molecule has 0 aromatic heterocycles. The normalized spacial score (nSPS) is 21.6. The van der Waals surface area contributed by atoms with Crippen molar-refractivity contribution in [2.24, 2.45) is 0 Å². The summed E-state index contributed by atoms with van der Waals surface area (Å²) in [5.74, 6) is 0.155. The highest BCUT2D eigenvalue weighted by Crippen LogP contribution is 2.25. The van der Waals surface area contributed by atoms with E-state index in [0.717, 1.165) is 38.5 Å². The van der Waals surface area contributed by atoms with Crippen molar-refractivity contribution in [3.63, 3.8) is 0 Å². The van der Waals surface area contributed by atoms with Gasteiger partial charge in [0, 0.05) is 25.2 Å². The van der Waals surface area contributed by atoms with E-state index in [0.29, 0.717) is 6.04 Å². The van der Waals surface area contributed by atoms with Crippen molar-refractivity contribution in [1.29, 1.82) is 0 Å². The molecule has 98 valence electrons. The Labute approximate surface area is 104 Å². The van der Waals surface area contributed by atoms with Crippen LogP contribution >= 0.6 is 0 Å². The molecule has 1 amide bonds. The second kappa shape index (κ2) is 5.83. The highest BCUT2D eigenvalue weighted by Gasteiger charge is 2.28. The van der Waals surface area contributed by atoms with Gasteiger partial charge >= 0.3 is 0 Å². The number of nitrogens with zero attached hydrogens (tertiary/aromatic N) is 1. The molecular weight excluding hydrogens is 214 g/mol. The Morgan fingerprint density at radius 2 is 2.06 bits per heavy atom. The summed E-state index contributed by atoms with van der Waals surface area (Å²) < 4.78 is 0. The molecule has 1 atom stereocenters. The molecule has 0 heterocycles. The van der Waals surface area contributed by atoms with Gasteiger partial charge in [0.25, 0.3) is 0 Å². The molecule has 1 unspecified atom stereocenters. The van der Waals surface area contributed by atoms with Gasteiger partial charge in [0.05, 0.1) is 6.04 Å². The number of carbonyl (C=O) groups excluding carboxylic acids is 1. The van der Waals surface area contributed by atoms with E-state index in [9.17, 15) is 4.79 Å². The van der Waals surface area contributed by atoms with Crippen LogP contribution in [0.4, 0.5) is 0 Å². The Kier molecular flexibility index (Phi) is 4.40. The van der Waals surface area contributed by atoms with Crippen LogP contribution < -0.4 is 10.6 Å². The Balaban J connectivity index is 1.57. The standard InChI is InChI=1S/C13H25N3O/c1-3-16(12-6-7-12)9-8-14-10(2)13(17)15-11-4-5-11/h10-12,14H,3-9H2,1-2H3,(H,15,17). The van der Waals surface area contributed by atoms with Gasteiger partial charge in [0.15, 0.2) is 0 Å². The average molecular weight is 239 g/mol. The summed E-state index contributed by atoms with van der Waals surface area (Å²) in [4.78, 5) is 14.2. The van der Waals surface area contributed by atoms with E-state index < -0.39 is 0 Å². The lowest BCUT2D eigenvalue weighted by atomic mass is 10.3. The van der Waals surface area contributed by atoms with Gasteiger partial charge in [-0.15, -0.1) is 0 Å². The fraction of sp³-hybridized carbons (Fsp3) is 0.923. The Hall–Kier alpha value is -0.610. The number of hydrogen-bond donors (Lipinski definition) is 2. The van der Waals surface area contributed by atoms with Gasteiger partial charge in [-0.2, -0.15) is 0 Å². The molecule has 0 spiro atoms. The first-order valence-electron chi connectivity index (χ1n) is 6.98. The summed E-state index contributed by atoms with van der Waals surface area (Å²) >= 11 is 0. The van der Waals surface area contributed by atoms with Crippen LogP contribution in [0, 0.1) is 0 Å². The minimum absolute atomic E-state index is 0.0616. The van der Waals surface area contributed by atoms with Crippen LogP contribution in [-0.4, -0.2) is 48.6 Å². The minimum Gasteiger partial charge on any atom is -0.352 e. The zero-order valence-electron chi connectivity index (χ0n) is 11.0. The Bertz CT molecular complexity index is 261. The molecule has 2 N–H and O–H groups in total. The van der Waals surface area contributed by atoms with E-state index in [-0.39, 0.29) is 11.9 Å². The Morgan fingerprint density at radius 1 is 1.35 bits per heavy atom. The quantitative estimate of drug-likeness (QED) is 0.656. The molecule has 4 nitrogen and oxygen atoms in total. The zero-order chi connectivity index (χ0) is 12.3. The molecule has 2 aliphatic carbocycles. The monoisotopic (exact) mass is 239 g/mol. The minimum atomic E-state index is -0.0616. The summed E-state index contributed by atoms with van der Waals surface area (Å²) in [6, 6.07) is 1.22. The second-order valence-electron chi connectivity index (χ2n) is 5.32. The number of hydrogen-bond acceptors (Lipinski definition) is 3. The van der Waals surface area contributed by atoms with Crippen molar-refractivity contribution in [3.8, 4) is 0 Å². The molecule has 4 heteroatoms. The molecule has 2 fully saturated rings. The first-order chi connectivity index (χ1) is 8.20. The fourth-order valence-corrected chi connectivity index (χ4v) is 2.11. The van der Waals surface area contributed by atoms with Gasteiger partial charge < -0.3 is 10.6 Å². The van der Waals surface area contributed by atoms with Crippen molar-refractivity contribution in [1.82, 2.24) is 15.5 Å². The maximum absolute atomic E-state index is 11.7. The molecule has 2 rings (SSSR count). The highest BCUT2D eigenvalue weighted by molar-refractivity contribution is 5.81. The number of nitrogens with one attached hydrogen (secondary N) is 2. The van der Waals surface area contributed by atoms with Crippen molar-refractivity contribution >= 4 is 5.91 Å². The van der Waals surface area contributed by atoms with Crippen molar-refractivity contribution < 1.29 is 4.79 Å².